The van der Waals surface area contributed by atoms with Gasteiger partial charge in [-0.05, 0) is 68.0 Å². The number of aryl methyl sites for hydroxylation is 3. The average Bonchev–Trinajstić information content (AvgIpc) is 2.37. The lowest BCUT2D eigenvalue weighted by molar-refractivity contribution is 0.218. The molecule has 0 fully saturated rings. The van der Waals surface area contributed by atoms with Crippen LogP contribution in [-0.4, -0.2) is 5.11 Å². The molecule has 1 unspecified atom stereocenters. The maximum absolute atomic E-state index is 10.7. The van der Waals surface area contributed by atoms with E-state index < -0.39 is 6.10 Å². The molecule has 0 aromatic heterocycles. The standard InChI is InChI=1S/C18H22O/c1-11-6-8-16(9-7-11)18(19)17-14(4)12(2)10-13(3)15(17)5/h6-10,18-19H,1-5H3. The zero-order valence-corrected chi connectivity index (χ0v) is 12.4. The first kappa shape index (κ1) is 13.8. The number of aliphatic hydroxyl groups is 1. The van der Waals surface area contributed by atoms with Crippen molar-refractivity contribution in [3.05, 3.63) is 69.3 Å². The van der Waals surface area contributed by atoms with Crippen LogP contribution in [0.15, 0.2) is 30.3 Å². The molecule has 0 bridgehead atoms. The average molecular weight is 254 g/mol. The molecule has 0 aliphatic carbocycles. The van der Waals surface area contributed by atoms with E-state index in [1.54, 1.807) is 0 Å². The summed E-state index contributed by atoms with van der Waals surface area (Å²) in [7, 11) is 0. The van der Waals surface area contributed by atoms with Gasteiger partial charge in [-0.25, -0.2) is 0 Å². The number of rotatable bonds is 2. The first-order valence-electron chi connectivity index (χ1n) is 6.73. The molecule has 1 heteroatoms. The van der Waals surface area contributed by atoms with Gasteiger partial charge in [-0.3, -0.25) is 0 Å². The summed E-state index contributed by atoms with van der Waals surface area (Å²) in [6.45, 7) is 10.5. The molecule has 1 nitrogen and oxygen atoms in total. The van der Waals surface area contributed by atoms with Gasteiger partial charge in [0.05, 0.1) is 0 Å². The molecular weight excluding hydrogens is 232 g/mol. The van der Waals surface area contributed by atoms with Crippen LogP contribution in [-0.2, 0) is 0 Å². The second kappa shape index (κ2) is 5.18. The van der Waals surface area contributed by atoms with Gasteiger partial charge in [0, 0.05) is 0 Å². The van der Waals surface area contributed by atoms with Gasteiger partial charge >= 0.3 is 0 Å². The van der Waals surface area contributed by atoms with E-state index in [9.17, 15) is 5.11 Å². The first-order chi connectivity index (χ1) is 8.91. The molecule has 0 radical (unpaired) electrons. The van der Waals surface area contributed by atoms with Gasteiger partial charge in [0.1, 0.15) is 6.10 Å². The topological polar surface area (TPSA) is 20.2 Å². The van der Waals surface area contributed by atoms with Crippen molar-refractivity contribution >= 4 is 0 Å². The molecule has 0 aliphatic rings. The minimum atomic E-state index is -0.542. The predicted molar refractivity (Wildman–Crippen MR) is 80.6 cm³/mol. The van der Waals surface area contributed by atoms with Crippen LogP contribution in [0.5, 0.6) is 0 Å². The van der Waals surface area contributed by atoms with E-state index in [4.69, 9.17) is 0 Å². The quantitative estimate of drug-likeness (QED) is 0.846. The SMILES string of the molecule is Cc1ccc(C(O)c2c(C)c(C)cc(C)c2C)cc1. The van der Waals surface area contributed by atoms with Crippen LogP contribution >= 0.6 is 0 Å². The van der Waals surface area contributed by atoms with Crippen molar-refractivity contribution in [1.82, 2.24) is 0 Å². The fourth-order valence-corrected chi connectivity index (χ4v) is 2.57. The van der Waals surface area contributed by atoms with Gasteiger partial charge in [0.2, 0.25) is 0 Å². The van der Waals surface area contributed by atoms with Crippen molar-refractivity contribution in [3.8, 4) is 0 Å². The molecule has 0 aliphatic heterocycles. The van der Waals surface area contributed by atoms with E-state index >= 15 is 0 Å². The molecule has 2 aromatic rings. The molecule has 100 valence electrons. The van der Waals surface area contributed by atoms with Gasteiger partial charge in [-0.15, -0.1) is 0 Å². The Labute approximate surface area is 115 Å². The van der Waals surface area contributed by atoms with Crippen LogP contribution in [0.4, 0.5) is 0 Å². The van der Waals surface area contributed by atoms with Crippen molar-refractivity contribution in [1.29, 1.82) is 0 Å². The minimum absolute atomic E-state index is 0.542. The van der Waals surface area contributed by atoms with E-state index in [0.29, 0.717) is 0 Å². The third-order valence-electron chi connectivity index (χ3n) is 4.09. The highest BCUT2D eigenvalue weighted by atomic mass is 16.3. The van der Waals surface area contributed by atoms with E-state index in [1.807, 2.05) is 24.3 Å². The van der Waals surface area contributed by atoms with Crippen LogP contribution < -0.4 is 0 Å². The largest absolute Gasteiger partial charge is 0.384 e. The van der Waals surface area contributed by atoms with Crippen molar-refractivity contribution in [2.75, 3.05) is 0 Å². The molecule has 2 aromatic carbocycles. The smallest absolute Gasteiger partial charge is 0.105 e. The molecule has 0 heterocycles. The number of aliphatic hydroxyl groups excluding tert-OH is 1. The van der Waals surface area contributed by atoms with Crippen molar-refractivity contribution in [2.45, 2.75) is 40.7 Å². The van der Waals surface area contributed by atoms with Gasteiger partial charge in [-0.1, -0.05) is 35.9 Å². The van der Waals surface area contributed by atoms with Crippen molar-refractivity contribution < 1.29 is 5.11 Å². The molecule has 0 amide bonds. The van der Waals surface area contributed by atoms with Crippen molar-refractivity contribution in [3.63, 3.8) is 0 Å². The van der Waals surface area contributed by atoms with Gasteiger partial charge in [0.15, 0.2) is 0 Å². The Bertz CT molecular complexity index is 568. The first-order valence-corrected chi connectivity index (χ1v) is 6.73. The molecule has 19 heavy (non-hydrogen) atoms. The van der Waals surface area contributed by atoms with E-state index in [2.05, 4.69) is 40.7 Å². The van der Waals surface area contributed by atoms with E-state index in [-0.39, 0.29) is 0 Å². The van der Waals surface area contributed by atoms with Crippen LogP contribution in [0.25, 0.3) is 0 Å². The summed E-state index contributed by atoms with van der Waals surface area (Å²) in [4.78, 5) is 0. The Morgan fingerprint density at radius 2 is 1.26 bits per heavy atom. The van der Waals surface area contributed by atoms with Crippen LogP contribution in [0.2, 0.25) is 0 Å². The van der Waals surface area contributed by atoms with Crippen LogP contribution in [0, 0.1) is 34.6 Å². The monoisotopic (exact) mass is 254 g/mol. The number of benzene rings is 2. The molecule has 0 spiro atoms. The van der Waals surface area contributed by atoms with Gasteiger partial charge in [-0.2, -0.15) is 0 Å². The Hall–Kier alpha value is -1.60. The highest BCUT2D eigenvalue weighted by Gasteiger charge is 2.17. The zero-order chi connectivity index (χ0) is 14.2. The predicted octanol–water partition coefficient (Wildman–Crippen LogP) is 4.31. The second-order valence-corrected chi connectivity index (χ2v) is 5.49. The summed E-state index contributed by atoms with van der Waals surface area (Å²) in [6.07, 6.45) is -0.542. The summed E-state index contributed by atoms with van der Waals surface area (Å²) in [5.74, 6) is 0. The Balaban J connectivity index is 2.55. The molecule has 2 rings (SSSR count). The highest BCUT2D eigenvalue weighted by Crippen LogP contribution is 2.31. The maximum atomic E-state index is 10.7. The van der Waals surface area contributed by atoms with Gasteiger partial charge in [0.25, 0.3) is 0 Å². The summed E-state index contributed by atoms with van der Waals surface area (Å²) in [6, 6.07) is 10.3. The third-order valence-corrected chi connectivity index (χ3v) is 4.09. The molecule has 1 atom stereocenters. The van der Waals surface area contributed by atoms with Crippen molar-refractivity contribution in [2.24, 2.45) is 0 Å². The molecule has 0 saturated carbocycles. The maximum Gasteiger partial charge on any atom is 0.105 e. The highest BCUT2D eigenvalue weighted by molar-refractivity contribution is 5.48. The van der Waals surface area contributed by atoms with Crippen LogP contribution in [0.1, 0.15) is 45.0 Å². The molecule has 1 N–H and O–H groups in total. The summed E-state index contributed by atoms with van der Waals surface area (Å²) in [5, 5.41) is 10.7. The second-order valence-electron chi connectivity index (χ2n) is 5.49. The third kappa shape index (κ3) is 2.57. The number of hydrogen-bond donors (Lipinski definition) is 1. The fourth-order valence-electron chi connectivity index (χ4n) is 2.57. The fraction of sp³-hybridized carbons (Fsp3) is 0.333. The lowest BCUT2D eigenvalue weighted by Gasteiger charge is -2.20. The molecular formula is C18H22O. The summed E-state index contributed by atoms with van der Waals surface area (Å²) < 4.78 is 0. The summed E-state index contributed by atoms with van der Waals surface area (Å²) in [5.41, 5.74) is 8.09. The Morgan fingerprint density at radius 1 is 0.789 bits per heavy atom. The summed E-state index contributed by atoms with van der Waals surface area (Å²) >= 11 is 0. The normalized spacial score (nSPS) is 12.5. The van der Waals surface area contributed by atoms with Crippen LogP contribution in [0.3, 0.4) is 0 Å². The Kier molecular flexibility index (Phi) is 3.77. The Morgan fingerprint density at radius 3 is 1.74 bits per heavy atom. The van der Waals surface area contributed by atoms with E-state index in [0.717, 1.165) is 11.1 Å². The van der Waals surface area contributed by atoms with Gasteiger partial charge < -0.3 is 5.11 Å². The van der Waals surface area contributed by atoms with E-state index in [1.165, 1.54) is 27.8 Å². The lowest BCUT2D eigenvalue weighted by atomic mass is 9.88. The lowest BCUT2D eigenvalue weighted by Crippen LogP contribution is -2.07. The molecule has 0 saturated heterocycles. The number of hydrogen-bond acceptors (Lipinski definition) is 1. The zero-order valence-electron chi connectivity index (χ0n) is 12.4. The minimum Gasteiger partial charge on any atom is -0.384 e.